The molecule has 0 radical (unpaired) electrons. The second-order valence-corrected chi connectivity index (χ2v) is 9.14. The van der Waals surface area contributed by atoms with Gasteiger partial charge in [0.25, 0.3) is 5.91 Å². The number of hydrogen-bond donors (Lipinski definition) is 2. The Morgan fingerprint density at radius 2 is 1.84 bits per heavy atom. The summed E-state index contributed by atoms with van der Waals surface area (Å²) >= 11 is 13.2. The third-order valence-corrected chi connectivity index (χ3v) is 6.54. The molecule has 0 bridgehead atoms. The van der Waals surface area contributed by atoms with E-state index in [4.69, 9.17) is 23.2 Å². The first kappa shape index (κ1) is 24.1. The number of anilines is 1. The van der Waals surface area contributed by atoms with E-state index in [2.05, 4.69) is 20.8 Å². The Labute approximate surface area is 200 Å². The number of rotatable bonds is 7. The van der Waals surface area contributed by atoms with Crippen LogP contribution >= 0.6 is 35.0 Å². The molecule has 32 heavy (non-hydrogen) atoms. The van der Waals surface area contributed by atoms with E-state index in [1.165, 1.54) is 17.8 Å². The van der Waals surface area contributed by atoms with Gasteiger partial charge in [0.1, 0.15) is 0 Å². The number of nitrogens with zero attached hydrogens (tertiary/aromatic N) is 3. The molecule has 3 rings (SSSR count). The molecule has 0 aliphatic rings. The molecule has 2 N–H and O–H groups in total. The molecule has 3 aromatic rings. The molecule has 0 aliphatic carbocycles. The predicted octanol–water partition coefficient (Wildman–Crippen LogP) is 4.96. The first-order chi connectivity index (χ1) is 15.2. The molecule has 0 aliphatic heterocycles. The summed E-state index contributed by atoms with van der Waals surface area (Å²) < 4.78 is 1.76. The fraction of sp³-hybridized carbons (Fsp3) is 0.273. The highest BCUT2D eigenvalue weighted by Crippen LogP contribution is 2.24. The average Bonchev–Trinajstić information content (AvgIpc) is 3.11. The molecule has 7 nitrogen and oxygen atoms in total. The zero-order valence-electron chi connectivity index (χ0n) is 18.1. The van der Waals surface area contributed by atoms with Crippen molar-refractivity contribution in [1.29, 1.82) is 0 Å². The average molecular weight is 492 g/mol. The zero-order chi connectivity index (χ0) is 23.4. The van der Waals surface area contributed by atoms with Crippen LogP contribution in [0.4, 0.5) is 5.69 Å². The molecule has 2 aromatic carbocycles. The van der Waals surface area contributed by atoms with Gasteiger partial charge in [-0.3, -0.25) is 9.59 Å². The lowest BCUT2D eigenvalue weighted by Crippen LogP contribution is -2.28. The van der Waals surface area contributed by atoms with Gasteiger partial charge in [-0.2, -0.15) is 0 Å². The van der Waals surface area contributed by atoms with E-state index in [-0.39, 0.29) is 17.6 Å². The Morgan fingerprint density at radius 3 is 2.56 bits per heavy atom. The third kappa shape index (κ3) is 5.82. The van der Waals surface area contributed by atoms with Gasteiger partial charge in [0.15, 0.2) is 11.0 Å². The topological polar surface area (TPSA) is 88.9 Å². The zero-order valence-corrected chi connectivity index (χ0v) is 20.4. The number of nitrogens with one attached hydrogen (secondary N) is 2. The lowest BCUT2D eigenvalue weighted by Gasteiger charge is -2.14. The van der Waals surface area contributed by atoms with E-state index >= 15 is 0 Å². The molecule has 0 saturated heterocycles. The molecule has 10 heteroatoms. The van der Waals surface area contributed by atoms with Crippen LogP contribution in [0.15, 0.2) is 41.6 Å². The molecule has 0 fully saturated rings. The summed E-state index contributed by atoms with van der Waals surface area (Å²) in [6, 6.07) is 10.2. The Balaban J connectivity index is 1.60. The summed E-state index contributed by atoms with van der Waals surface area (Å²) in [5.41, 5.74) is 3.27. The normalized spacial score (nSPS) is 11.8. The quantitative estimate of drug-likeness (QED) is 0.455. The van der Waals surface area contributed by atoms with Crippen LogP contribution in [0.3, 0.4) is 0 Å². The fourth-order valence-electron chi connectivity index (χ4n) is 3.00. The summed E-state index contributed by atoms with van der Waals surface area (Å²) in [5.74, 6) is 0.315. The highest BCUT2D eigenvalue weighted by molar-refractivity contribution is 7.99. The molecular weight excluding hydrogens is 469 g/mol. The maximum absolute atomic E-state index is 12.5. The van der Waals surface area contributed by atoms with Crippen LogP contribution < -0.4 is 10.6 Å². The van der Waals surface area contributed by atoms with Gasteiger partial charge in [0, 0.05) is 18.3 Å². The Hall–Kier alpha value is -2.55. The summed E-state index contributed by atoms with van der Waals surface area (Å²) in [7, 11) is 1.79. The number of aryl methyl sites for hydroxylation is 2. The minimum atomic E-state index is -0.410. The van der Waals surface area contributed by atoms with Crippen molar-refractivity contribution in [3.8, 4) is 0 Å². The number of amides is 2. The number of carbonyl (C=O) groups is 2. The molecule has 1 heterocycles. The van der Waals surface area contributed by atoms with Gasteiger partial charge in [0.2, 0.25) is 5.91 Å². The van der Waals surface area contributed by atoms with E-state index < -0.39 is 6.04 Å². The monoisotopic (exact) mass is 491 g/mol. The number of thioether (sulfide) groups is 1. The minimum Gasteiger partial charge on any atom is -0.342 e. The highest BCUT2D eigenvalue weighted by atomic mass is 35.5. The van der Waals surface area contributed by atoms with Gasteiger partial charge in [-0.1, -0.05) is 47.1 Å². The number of aromatic nitrogens is 3. The van der Waals surface area contributed by atoms with Gasteiger partial charge in [-0.25, -0.2) is 0 Å². The predicted molar refractivity (Wildman–Crippen MR) is 129 cm³/mol. The maximum atomic E-state index is 12.5. The smallest absolute Gasteiger partial charge is 0.251 e. The van der Waals surface area contributed by atoms with Crippen LogP contribution in [-0.4, -0.2) is 32.3 Å². The van der Waals surface area contributed by atoms with E-state index in [1.54, 1.807) is 30.7 Å². The van der Waals surface area contributed by atoms with Gasteiger partial charge in [-0.05, 0) is 56.2 Å². The SMILES string of the molecule is Cc1ccc(C)c(NC(=O)CSc2nnc([C@H](C)NC(=O)c3ccc(Cl)c(Cl)c3)n2C)c1. The Bertz CT molecular complexity index is 1170. The van der Waals surface area contributed by atoms with Crippen LogP contribution in [0, 0.1) is 13.8 Å². The number of carbonyl (C=O) groups excluding carboxylic acids is 2. The van der Waals surface area contributed by atoms with Gasteiger partial charge in [0.05, 0.1) is 21.8 Å². The Morgan fingerprint density at radius 1 is 1.09 bits per heavy atom. The summed E-state index contributed by atoms with van der Waals surface area (Å²) in [6.07, 6.45) is 0. The molecule has 2 amide bonds. The van der Waals surface area contributed by atoms with Crippen molar-refractivity contribution >= 4 is 52.5 Å². The van der Waals surface area contributed by atoms with Crippen molar-refractivity contribution < 1.29 is 9.59 Å². The lowest BCUT2D eigenvalue weighted by molar-refractivity contribution is -0.113. The van der Waals surface area contributed by atoms with Crippen LogP contribution in [0.1, 0.15) is 40.3 Å². The second-order valence-electron chi connectivity index (χ2n) is 7.38. The second kappa shape index (κ2) is 10.4. The van der Waals surface area contributed by atoms with E-state index in [1.807, 2.05) is 32.0 Å². The molecule has 1 atom stereocenters. The lowest BCUT2D eigenvalue weighted by atomic mass is 10.1. The number of benzene rings is 2. The van der Waals surface area contributed by atoms with E-state index in [9.17, 15) is 9.59 Å². The maximum Gasteiger partial charge on any atom is 0.251 e. The van der Waals surface area contributed by atoms with Gasteiger partial charge >= 0.3 is 0 Å². The fourth-order valence-corrected chi connectivity index (χ4v) is 4.01. The van der Waals surface area contributed by atoms with Gasteiger partial charge in [-0.15, -0.1) is 10.2 Å². The van der Waals surface area contributed by atoms with E-state index in [0.717, 1.165) is 16.8 Å². The third-order valence-electron chi connectivity index (χ3n) is 4.78. The van der Waals surface area contributed by atoms with Crippen molar-refractivity contribution in [3.63, 3.8) is 0 Å². The summed E-state index contributed by atoms with van der Waals surface area (Å²) in [5, 5.41) is 15.4. The van der Waals surface area contributed by atoms with Crippen molar-refractivity contribution in [2.24, 2.45) is 7.05 Å². The van der Waals surface area contributed by atoms with Crippen LogP contribution in [0.2, 0.25) is 10.0 Å². The molecule has 0 unspecified atom stereocenters. The van der Waals surface area contributed by atoms with Crippen LogP contribution in [-0.2, 0) is 11.8 Å². The number of hydrogen-bond acceptors (Lipinski definition) is 5. The van der Waals surface area contributed by atoms with Gasteiger partial charge < -0.3 is 15.2 Å². The number of halogens is 2. The highest BCUT2D eigenvalue weighted by Gasteiger charge is 2.19. The molecule has 1 aromatic heterocycles. The molecule has 168 valence electrons. The summed E-state index contributed by atoms with van der Waals surface area (Å²) in [4.78, 5) is 24.9. The molecule has 0 saturated carbocycles. The molecular formula is C22H23Cl2N5O2S. The van der Waals surface area contributed by atoms with Crippen molar-refractivity contribution in [2.75, 3.05) is 11.1 Å². The van der Waals surface area contributed by atoms with Crippen LogP contribution in [0.25, 0.3) is 0 Å². The molecule has 0 spiro atoms. The first-order valence-electron chi connectivity index (χ1n) is 9.80. The summed E-state index contributed by atoms with van der Waals surface area (Å²) in [6.45, 7) is 5.73. The van der Waals surface area contributed by atoms with Crippen molar-refractivity contribution in [2.45, 2.75) is 32.0 Å². The largest absolute Gasteiger partial charge is 0.342 e. The van der Waals surface area contributed by atoms with E-state index in [0.29, 0.717) is 26.6 Å². The van der Waals surface area contributed by atoms with Crippen molar-refractivity contribution in [1.82, 2.24) is 20.1 Å². The van der Waals surface area contributed by atoms with Crippen molar-refractivity contribution in [3.05, 3.63) is 69.0 Å². The first-order valence-corrected chi connectivity index (χ1v) is 11.5. The Kier molecular flexibility index (Phi) is 7.82. The minimum absolute atomic E-state index is 0.130. The standard InChI is InChI=1S/C22H23Cl2N5O2S/c1-12-5-6-13(2)18(9-12)26-19(30)11-32-22-28-27-20(29(22)4)14(3)25-21(31)15-7-8-16(23)17(24)10-15/h5-10,14H,11H2,1-4H3,(H,25,31)(H,26,30)/t14-/m0/s1. The van der Waals surface area contributed by atoms with Crippen LogP contribution in [0.5, 0.6) is 0 Å².